The monoisotopic (exact) mass is 262 g/mol. The SMILES string of the molecule is CCC(CCC(C)C1=CC(C)C(C=O)=CC1)C(C)C. The number of aldehydes is 1. The van der Waals surface area contributed by atoms with E-state index >= 15 is 0 Å². The van der Waals surface area contributed by atoms with Gasteiger partial charge in [0, 0.05) is 5.92 Å². The highest BCUT2D eigenvalue weighted by Crippen LogP contribution is 2.31. The first-order valence-corrected chi connectivity index (χ1v) is 7.85. The lowest BCUT2D eigenvalue weighted by molar-refractivity contribution is -0.105. The lowest BCUT2D eigenvalue weighted by atomic mass is 9.81. The van der Waals surface area contributed by atoms with E-state index in [9.17, 15) is 4.79 Å². The van der Waals surface area contributed by atoms with Gasteiger partial charge < -0.3 is 0 Å². The Hall–Kier alpha value is -0.850. The van der Waals surface area contributed by atoms with Crippen molar-refractivity contribution in [3.63, 3.8) is 0 Å². The Kier molecular flexibility index (Phi) is 6.54. The van der Waals surface area contributed by atoms with Gasteiger partial charge in [0.2, 0.25) is 0 Å². The van der Waals surface area contributed by atoms with Crippen molar-refractivity contribution in [2.45, 2.75) is 60.3 Å². The zero-order valence-electron chi connectivity index (χ0n) is 13.3. The van der Waals surface area contributed by atoms with Gasteiger partial charge in [0.25, 0.3) is 0 Å². The minimum absolute atomic E-state index is 0.302. The molecule has 1 aliphatic carbocycles. The first-order valence-electron chi connectivity index (χ1n) is 7.85. The Morgan fingerprint density at radius 1 is 1.32 bits per heavy atom. The molecule has 0 fully saturated rings. The second-order valence-electron chi connectivity index (χ2n) is 6.45. The zero-order valence-corrected chi connectivity index (χ0v) is 13.3. The van der Waals surface area contributed by atoms with Crippen molar-refractivity contribution in [1.82, 2.24) is 0 Å². The minimum atomic E-state index is 0.302. The normalized spacial score (nSPS) is 22.7. The van der Waals surface area contributed by atoms with E-state index in [4.69, 9.17) is 0 Å². The summed E-state index contributed by atoms with van der Waals surface area (Å²) in [4.78, 5) is 10.9. The maximum absolute atomic E-state index is 10.9. The topological polar surface area (TPSA) is 17.1 Å². The molecule has 0 radical (unpaired) electrons. The second-order valence-corrected chi connectivity index (χ2v) is 6.45. The molecule has 0 heterocycles. The highest BCUT2D eigenvalue weighted by Gasteiger charge is 2.18. The zero-order chi connectivity index (χ0) is 14.4. The van der Waals surface area contributed by atoms with Crippen molar-refractivity contribution in [2.75, 3.05) is 0 Å². The first-order chi connectivity index (χ1) is 8.99. The van der Waals surface area contributed by atoms with Crippen molar-refractivity contribution >= 4 is 6.29 Å². The lowest BCUT2D eigenvalue weighted by Crippen LogP contribution is -2.12. The first kappa shape index (κ1) is 16.2. The van der Waals surface area contributed by atoms with Crippen LogP contribution in [0.5, 0.6) is 0 Å². The molecule has 0 amide bonds. The number of hydrogen-bond donors (Lipinski definition) is 0. The van der Waals surface area contributed by atoms with Crippen LogP contribution in [0.4, 0.5) is 0 Å². The highest BCUT2D eigenvalue weighted by atomic mass is 16.1. The third-order valence-electron chi connectivity index (χ3n) is 4.77. The molecule has 1 heteroatoms. The van der Waals surface area contributed by atoms with Crippen LogP contribution < -0.4 is 0 Å². The maximum atomic E-state index is 10.9. The van der Waals surface area contributed by atoms with E-state index < -0.39 is 0 Å². The van der Waals surface area contributed by atoms with E-state index in [1.807, 2.05) is 0 Å². The summed E-state index contributed by atoms with van der Waals surface area (Å²) in [5.41, 5.74) is 2.47. The summed E-state index contributed by atoms with van der Waals surface area (Å²) in [7, 11) is 0. The molecule has 1 rings (SSSR count). The average Bonchev–Trinajstić information content (AvgIpc) is 2.38. The second kappa shape index (κ2) is 7.67. The molecule has 3 atom stereocenters. The van der Waals surface area contributed by atoms with Gasteiger partial charge in [-0.1, -0.05) is 58.8 Å². The standard InChI is InChI=1S/C18H30O/c1-6-16(13(2)3)8-7-14(4)17-9-10-18(12-19)15(5)11-17/h10-16H,6-9H2,1-5H3. The minimum Gasteiger partial charge on any atom is -0.298 e. The predicted octanol–water partition coefficient (Wildman–Crippen LogP) is 5.18. The molecule has 19 heavy (non-hydrogen) atoms. The van der Waals surface area contributed by atoms with Crippen molar-refractivity contribution in [3.05, 3.63) is 23.3 Å². The van der Waals surface area contributed by atoms with Crippen molar-refractivity contribution < 1.29 is 4.79 Å². The summed E-state index contributed by atoms with van der Waals surface area (Å²) >= 11 is 0. The quantitative estimate of drug-likeness (QED) is 0.456. The summed E-state index contributed by atoms with van der Waals surface area (Å²) in [6, 6.07) is 0. The third-order valence-corrected chi connectivity index (χ3v) is 4.77. The summed E-state index contributed by atoms with van der Waals surface area (Å²) in [6.07, 6.45) is 10.3. The van der Waals surface area contributed by atoms with E-state index in [1.54, 1.807) is 0 Å². The van der Waals surface area contributed by atoms with Gasteiger partial charge >= 0.3 is 0 Å². The van der Waals surface area contributed by atoms with Gasteiger partial charge in [0.15, 0.2) is 0 Å². The van der Waals surface area contributed by atoms with Crippen LogP contribution in [0.15, 0.2) is 23.3 Å². The molecule has 0 bridgehead atoms. The molecular formula is C18H30O. The molecule has 0 aliphatic heterocycles. The van der Waals surface area contributed by atoms with Crippen molar-refractivity contribution in [2.24, 2.45) is 23.7 Å². The maximum Gasteiger partial charge on any atom is 0.146 e. The largest absolute Gasteiger partial charge is 0.298 e. The van der Waals surface area contributed by atoms with Crippen molar-refractivity contribution in [3.8, 4) is 0 Å². The van der Waals surface area contributed by atoms with Crippen LogP contribution in [0.25, 0.3) is 0 Å². The third kappa shape index (κ3) is 4.63. The van der Waals surface area contributed by atoms with Crippen LogP contribution in [-0.4, -0.2) is 6.29 Å². The number of rotatable bonds is 7. The Morgan fingerprint density at radius 3 is 2.47 bits per heavy atom. The fourth-order valence-electron chi connectivity index (χ4n) is 3.09. The Balaban J connectivity index is 2.51. The molecule has 3 unspecified atom stereocenters. The number of carbonyl (C=O) groups excluding carboxylic acids is 1. The number of allylic oxidation sites excluding steroid dienone is 4. The van der Waals surface area contributed by atoms with Crippen LogP contribution in [-0.2, 0) is 4.79 Å². The average molecular weight is 262 g/mol. The Bertz CT molecular complexity index is 349. The van der Waals surface area contributed by atoms with Crippen LogP contribution in [0.3, 0.4) is 0 Å². The van der Waals surface area contributed by atoms with Gasteiger partial charge in [-0.2, -0.15) is 0 Å². The van der Waals surface area contributed by atoms with E-state index in [-0.39, 0.29) is 0 Å². The van der Waals surface area contributed by atoms with E-state index in [2.05, 4.69) is 46.8 Å². The van der Waals surface area contributed by atoms with Crippen LogP contribution in [0.1, 0.15) is 60.3 Å². The molecule has 1 aliphatic rings. The van der Waals surface area contributed by atoms with Crippen LogP contribution in [0, 0.1) is 23.7 Å². The lowest BCUT2D eigenvalue weighted by Gasteiger charge is -2.24. The molecule has 0 N–H and O–H groups in total. The van der Waals surface area contributed by atoms with Crippen molar-refractivity contribution in [1.29, 1.82) is 0 Å². The number of hydrogen-bond acceptors (Lipinski definition) is 1. The summed E-state index contributed by atoms with van der Waals surface area (Å²) in [5.74, 6) is 2.60. The molecule has 0 spiro atoms. The predicted molar refractivity (Wildman–Crippen MR) is 83.0 cm³/mol. The summed E-state index contributed by atoms with van der Waals surface area (Å²) in [5, 5.41) is 0. The molecule has 0 saturated heterocycles. The van der Waals surface area contributed by atoms with E-state index in [0.717, 1.165) is 30.1 Å². The van der Waals surface area contributed by atoms with E-state index in [0.29, 0.717) is 11.8 Å². The van der Waals surface area contributed by atoms with Crippen LogP contribution >= 0.6 is 0 Å². The fourth-order valence-corrected chi connectivity index (χ4v) is 3.09. The molecule has 0 aromatic heterocycles. The number of carbonyl (C=O) groups is 1. The Labute approximate surface area is 119 Å². The fraction of sp³-hybridized carbons (Fsp3) is 0.722. The molecule has 108 valence electrons. The highest BCUT2D eigenvalue weighted by molar-refractivity contribution is 5.75. The molecule has 0 aromatic carbocycles. The summed E-state index contributed by atoms with van der Waals surface area (Å²) in [6.45, 7) is 11.4. The van der Waals surface area contributed by atoms with Gasteiger partial charge in [0.05, 0.1) is 0 Å². The van der Waals surface area contributed by atoms with Gasteiger partial charge in [-0.3, -0.25) is 4.79 Å². The molecule has 0 aromatic rings. The smallest absolute Gasteiger partial charge is 0.146 e. The molecule has 0 saturated carbocycles. The van der Waals surface area contributed by atoms with Gasteiger partial charge in [0.1, 0.15) is 6.29 Å². The molecular weight excluding hydrogens is 232 g/mol. The van der Waals surface area contributed by atoms with Crippen LogP contribution in [0.2, 0.25) is 0 Å². The van der Waals surface area contributed by atoms with E-state index in [1.165, 1.54) is 24.8 Å². The Morgan fingerprint density at radius 2 is 2.00 bits per heavy atom. The van der Waals surface area contributed by atoms with Gasteiger partial charge in [-0.15, -0.1) is 0 Å². The summed E-state index contributed by atoms with van der Waals surface area (Å²) < 4.78 is 0. The van der Waals surface area contributed by atoms with Gasteiger partial charge in [-0.25, -0.2) is 0 Å². The molecule has 1 nitrogen and oxygen atoms in total. The van der Waals surface area contributed by atoms with Gasteiger partial charge in [-0.05, 0) is 42.6 Å².